The molecule has 0 unspecified atom stereocenters. The lowest BCUT2D eigenvalue weighted by Gasteiger charge is -2.15. The fourth-order valence-electron chi connectivity index (χ4n) is 1.11. The second kappa shape index (κ2) is 6.98. The Kier molecular flexibility index (Phi) is 5.43. The Morgan fingerprint density at radius 3 is 2.67 bits per heavy atom. The van der Waals surface area contributed by atoms with Gasteiger partial charge in [0.15, 0.2) is 0 Å². The second-order valence-electron chi connectivity index (χ2n) is 3.08. The SMILES string of the molecule is O=CN(CCCO)OCc1ccccc1. The summed E-state index contributed by atoms with van der Waals surface area (Å²) in [6.45, 7) is 0.830. The van der Waals surface area contributed by atoms with Gasteiger partial charge in [0, 0.05) is 6.61 Å². The Bertz CT molecular complexity index is 276. The van der Waals surface area contributed by atoms with Crippen LogP contribution in [0.3, 0.4) is 0 Å². The average Bonchev–Trinajstić information content (AvgIpc) is 2.31. The Morgan fingerprint density at radius 2 is 2.07 bits per heavy atom. The maximum Gasteiger partial charge on any atom is 0.233 e. The van der Waals surface area contributed by atoms with Gasteiger partial charge in [-0.15, -0.1) is 0 Å². The summed E-state index contributed by atoms with van der Waals surface area (Å²) in [7, 11) is 0. The molecular formula is C11H15NO3. The normalized spacial score (nSPS) is 9.93. The number of carbonyl (C=O) groups excluding carboxylic acids is 1. The molecule has 1 amide bonds. The lowest BCUT2D eigenvalue weighted by molar-refractivity contribution is -0.178. The van der Waals surface area contributed by atoms with E-state index in [-0.39, 0.29) is 6.61 Å². The van der Waals surface area contributed by atoms with Crippen LogP contribution in [-0.4, -0.2) is 29.7 Å². The van der Waals surface area contributed by atoms with E-state index in [1.54, 1.807) is 0 Å². The molecular weight excluding hydrogens is 194 g/mol. The van der Waals surface area contributed by atoms with Gasteiger partial charge in [-0.1, -0.05) is 30.3 Å². The fourth-order valence-corrected chi connectivity index (χ4v) is 1.11. The zero-order valence-corrected chi connectivity index (χ0v) is 8.50. The van der Waals surface area contributed by atoms with Crippen LogP contribution in [0.4, 0.5) is 0 Å². The zero-order valence-electron chi connectivity index (χ0n) is 8.50. The molecule has 1 rings (SSSR count). The van der Waals surface area contributed by atoms with Gasteiger partial charge >= 0.3 is 0 Å². The van der Waals surface area contributed by atoms with Crippen molar-refractivity contribution < 1.29 is 14.7 Å². The van der Waals surface area contributed by atoms with Crippen molar-refractivity contribution in [1.82, 2.24) is 5.06 Å². The van der Waals surface area contributed by atoms with Gasteiger partial charge in [0.05, 0.1) is 6.54 Å². The minimum atomic E-state index is 0.0546. The third kappa shape index (κ3) is 4.58. The smallest absolute Gasteiger partial charge is 0.233 e. The van der Waals surface area contributed by atoms with E-state index in [1.807, 2.05) is 30.3 Å². The van der Waals surface area contributed by atoms with Gasteiger partial charge in [0.1, 0.15) is 6.61 Å². The predicted molar refractivity (Wildman–Crippen MR) is 55.7 cm³/mol. The second-order valence-corrected chi connectivity index (χ2v) is 3.08. The van der Waals surface area contributed by atoms with Gasteiger partial charge in [-0.05, 0) is 12.0 Å². The highest BCUT2D eigenvalue weighted by atomic mass is 16.7. The van der Waals surface area contributed by atoms with Crippen LogP contribution in [-0.2, 0) is 16.2 Å². The molecule has 0 heterocycles. The number of aliphatic hydroxyl groups is 1. The molecule has 0 radical (unpaired) electrons. The third-order valence-corrected chi connectivity index (χ3v) is 1.89. The van der Waals surface area contributed by atoms with Gasteiger partial charge in [0.2, 0.25) is 6.41 Å². The molecule has 1 N–H and O–H groups in total. The first-order valence-electron chi connectivity index (χ1n) is 4.86. The summed E-state index contributed by atoms with van der Waals surface area (Å²) in [6.07, 6.45) is 1.14. The van der Waals surface area contributed by atoms with E-state index in [1.165, 1.54) is 5.06 Å². The molecule has 0 fully saturated rings. The highest BCUT2D eigenvalue weighted by molar-refractivity contribution is 5.44. The van der Waals surface area contributed by atoms with Gasteiger partial charge < -0.3 is 5.11 Å². The topological polar surface area (TPSA) is 49.8 Å². The first-order valence-corrected chi connectivity index (χ1v) is 4.86. The quantitative estimate of drug-likeness (QED) is 0.537. The Labute approximate surface area is 89.0 Å². The Morgan fingerprint density at radius 1 is 1.33 bits per heavy atom. The van der Waals surface area contributed by atoms with Crippen LogP contribution in [0.25, 0.3) is 0 Å². The van der Waals surface area contributed by atoms with Crippen LogP contribution in [0.5, 0.6) is 0 Å². The number of rotatable bonds is 7. The summed E-state index contributed by atoms with van der Waals surface area (Å²) in [5.41, 5.74) is 1.01. The maximum absolute atomic E-state index is 10.6. The molecule has 0 atom stereocenters. The molecule has 1 aromatic rings. The Hall–Kier alpha value is -1.39. The van der Waals surface area contributed by atoms with Crippen LogP contribution in [0.2, 0.25) is 0 Å². The molecule has 4 nitrogen and oxygen atoms in total. The fraction of sp³-hybridized carbons (Fsp3) is 0.364. The molecule has 0 bridgehead atoms. The number of hydrogen-bond donors (Lipinski definition) is 1. The van der Waals surface area contributed by atoms with Crippen molar-refractivity contribution in [1.29, 1.82) is 0 Å². The van der Waals surface area contributed by atoms with Crippen molar-refractivity contribution in [2.24, 2.45) is 0 Å². The average molecular weight is 209 g/mol. The molecule has 0 aromatic heterocycles. The molecule has 0 saturated carbocycles. The van der Waals surface area contributed by atoms with Crippen LogP contribution in [0.1, 0.15) is 12.0 Å². The van der Waals surface area contributed by atoms with E-state index in [0.717, 1.165) is 5.56 Å². The summed E-state index contributed by atoms with van der Waals surface area (Å²) < 4.78 is 0. The number of nitrogens with zero attached hydrogens (tertiary/aromatic N) is 1. The molecule has 0 aliphatic heterocycles. The van der Waals surface area contributed by atoms with E-state index in [2.05, 4.69) is 0 Å². The molecule has 4 heteroatoms. The number of aliphatic hydroxyl groups excluding tert-OH is 1. The van der Waals surface area contributed by atoms with E-state index >= 15 is 0 Å². The van der Waals surface area contributed by atoms with Gasteiger partial charge in [-0.2, -0.15) is 0 Å². The molecule has 0 spiro atoms. The molecule has 0 saturated heterocycles. The third-order valence-electron chi connectivity index (χ3n) is 1.89. The monoisotopic (exact) mass is 209 g/mol. The first-order chi connectivity index (χ1) is 7.36. The van der Waals surface area contributed by atoms with E-state index < -0.39 is 0 Å². The van der Waals surface area contributed by atoms with Crippen LogP contribution < -0.4 is 0 Å². The van der Waals surface area contributed by atoms with Crippen molar-refractivity contribution in [3.8, 4) is 0 Å². The van der Waals surface area contributed by atoms with Crippen molar-refractivity contribution in [2.75, 3.05) is 13.2 Å². The zero-order chi connectivity index (χ0) is 10.9. The van der Waals surface area contributed by atoms with E-state index in [0.29, 0.717) is 26.0 Å². The summed E-state index contributed by atoms with van der Waals surface area (Å²) >= 11 is 0. The maximum atomic E-state index is 10.6. The van der Waals surface area contributed by atoms with Crippen LogP contribution in [0, 0.1) is 0 Å². The molecule has 82 valence electrons. The van der Waals surface area contributed by atoms with Gasteiger partial charge in [0.25, 0.3) is 0 Å². The molecule has 0 aliphatic rings. The van der Waals surface area contributed by atoms with Gasteiger partial charge in [-0.3, -0.25) is 9.63 Å². The number of hydrogen-bond acceptors (Lipinski definition) is 3. The highest BCUT2D eigenvalue weighted by Gasteiger charge is 2.01. The highest BCUT2D eigenvalue weighted by Crippen LogP contribution is 2.02. The van der Waals surface area contributed by atoms with Crippen molar-refractivity contribution in [3.05, 3.63) is 35.9 Å². The first kappa shape index (κ1) is 11.7. The summed E-state index contributed by atoms with van der Waals surface area (Å²) in [5, 5.41) is 9.80. The minimum absolute atomic E-state index is 0.0546. The number of benzene rings is 1. The number of hydroxylamine groups is 2. The number of amides is 1. The van der Waals surface area contributed by atoms with Crippen molar-refractivity contribution in [2.45, 2.75) is 13.0 Å². The lowest BCUT2D eigenvalue weighted by Crippen LogP contribution is -2.24. The standard InChI is InChI=1S/C11H15NO3/c13-8-4-7-12(10-14)15-9-11-5-2-1-3-6-11/h1-3,5-6,10,13H,4,7-9H2. The summed E-state index contributed by atoms with van der Waals surface area (Å²) in [5.74, 6) is 0. The predicted octanol–water partition coefficient (Wildman–Crippen LogP) is 0.959. The van der Waals surface area contributed by atoms with Gasteiger partial charge in [-0.25, -0.2) is 5.06 Å². The summed E-state index contributed by atoms with van der Waals surface area (Å²) in [6, 6.07) is 9.60. The molecule has 0 aliphatic carbocycles. The number of carbonyl (C=O) groups is 1. The molecule has 15 heavy (non-hydrogen) atoms. The largest absolute Gasteiger partial charge is 0.396 e. The Balaban J connectivity index is 2.31. The molecule has 1 aromatic carbocycles. The van der Waals surface area contributed by atoms with Crippen molar-refractivity contribution >= 4 is 6.41 Å². The van der Waals surface area contributed by atoms with Crippen LogP contribution in [0.15, 0.2) is 30.3 Å². The van der Waals surface area contributed by atoms with Crippen LogP contribution >= 0.6 is 0 Å². The van der Waals surface area contributed by atoms with E-state index in [4.69, 9.17) is 9.94 Å². The summed E-state index contributed by atoms with van der Waals surface area (Å²) in [4.78, 5) is 15.8. The lowest BCUT2D eigenvalue weighted by atomic mass is 10.2. The minimum Gasteiger partial charge on any atom is -0.396 e. The van der Waals surface area contributed by atoms with E-state index in [9.17, 15) is 4.79 Å². The van der Waals surface area contributed by atoms with Crippen molar-refractivity contribution in [3.63, 3.8) is 0 Å².